The van der Waals surface area contributed by atoms with Crippen molar-refractivity contribution < 1.29 is 42.5 Å². The molecule has 56 heavy (non-hydrogen) atoms. The number of hydrogen-bond donors (Lipinski definition) is 2. The lowest BCUT2D eigenvalue weighted by molar-refractivity contribution is -0.150. The van der Waals surface area contributed by atoms with Crippen LogP contribution in [0, 0.1) is 29.0 Å². The molecule has 3 aliphatic carbocycles. The Kier molecular flexibility index (Phi) is 11.3. The summed E-state index contributed by atoms with van der Waals surface area (Å²) in [4.78, 5) is 41.3. The number of fused-ring (bicyclic) bond motifs is 4. The molecule has 2 amide bonds. The lowest BCUT2D eigenvalue weighted by Gasteiger charge is -2.32. The topological polar surface area (TPSA) is 121 Å². The summed E-state index contributed by atoms with van der Waals surface area (Å²) in [6, 6.07) is 25.7. The number of carbonyl (C=O) groups excluding carboxylic acids is 3. The summed E-state index contributed by atoms with van der Waals surface area (Å²) in [6.07, 6.45) is 0.232. The molecule has 11 heteroatoms. The fraction of sp³-hybridized carbons (Fsp3) is 0.400. The van der Waals surface area contributed by atoms with Gasteiger partial charge in [-0.15, -0.1) is 0 Å². The van der Waals surface area contributed by atoms with Gasteiger partial charge in [-0.3, -0.25) is 4.79 Å². The summed E-state index contributed by atoms with van der Waals surface area (Å²) in [6.45, 7) is 3.93. The second kappa shape index (κ2) is 16.4. The number of rotatable bonds is 17. The molecule has 0 aliphatic heterocycles. The largest absolute Gasteiger partial charge is 0.497 e. The Hall–Kier alpha value is -5.42. The van der Waals surface area contributed by atoms with Crippen LogP contribution in [0.1, 0.15) is 54.9 Å². The minimum Gasteiger partial charge on any atom is -0.497 e. The molecule has 0 bridgehead atoms. The molecule has 2 unspecified atom stereocenters. The zero-order valence-electron chi connectivity index (χ0n) is 32.4. The van der Waals surface area contributed by atoms with Crippen LogP contribution < -0.4 is 20.1 Å². The minimum atomic E-state index is -1.23. The molecule has 10 nitrogen and oxygen atoms in total. The van der Waals surface area contributed by atoms with Crippen molar-refractivity contribution in [3.05, 3.63) is 119 Å². The number of ether oxygens (including phenoxy) is 5. The molecule has 4 aromatic rings. The summed E-state index contributed by atoms with van der Waals surface area (Å²) < 4.78 is 43.2. The van der Waals surface area contributed by atoms with Crippen LogP contribution in [0.15, 0.2) is 91.0 Å². The van der Waals surface area contributed by atoms with Gasteiger partial charge in [-0.05, 0) is 76.1 Å². The number of nitrogens with one attached hydrogen (secondary N) is 2. The van der Waals surface area contributed by atoms with Gasteiger partial charge >= 0.3 is 12.1 Å². The van der Waals surface area contributed by atoms with E-state index in [2.05, 4.69) is 41.8 Å². The molecule has 0 spiro atoms. The Bertz CT molecular complexity index is 2050. The highest BCUT2D eigenvalue weighted by Crippen LogP contribution is 2.81. The molecule has 0 heterocycles. The quantitative estimate of drug-likeness (QED) is 0.108. The summed E-state index contributed by atoms with van der Waals surface area (Å²) in [7, 11) is 4.54. The molecule has 294 valence electrons. The van der Waals surface area contributed by atoms with Crippen LogP contribution in [0.2, 0.25) is 0 Å². The molecule has 7 rings (SSSR count). The van der Waals surface area contributed by atoms with Crippen LogP contribution in [0.5, 0.6) is 11.5 Å². The van der Waals surface area contributed by atoms with Gasteiger partial charge in [0.25, 0.3) is 0 Å². The number of benzene rings is 4. The minimum absolute atomic E-state index is 0.110. The average Bonchev–Trinajstić information content (AvgIpc) is 4.01. The number of methoxy groups -OCH3 is 3. The summed E-state index contributed by atoms with van der Waals surface area (Å²) in [5.41, 5.74) is 5.54. The van der Waals surface area contributed by atoms with Gasteiger partial charge in [-0.1, -0.05) is 80.6 Å². The zero-order chi connectivity index (χ0) is 39.6. The smallest absolute Gasteiger partial charge is 0.407 e. The van der Waals surface area contributed by atoms with E-state index in [4.69, 9.17) is 23.7 Å². The molecular formula is C45H49FN2O8. The highest BCUT2D eigenvalue weighted by Gasteiger charge is 2.75. The molecular weight excluding hydrogens is 715 g/mol. The molecule has 0 saturated heterocycles. The van der Waals surface area contributed by atoms with Crippen LogP contribution in [0.3, 0.4) is 0 Å². The third kappa shape index (κ3) is 7.95. The number of carbonyl (C=O) groups is 3. The summed E-state index contributed by atoms with van der Waals surface area (Å²) in [5, 5.41) is 5.88. The van der Waals surface area contributed by atoms with Gasteiger partial charge in [0, 0.05) is 31.1 Å². The maximum absolute atomic E-state index is 14.9. The summed E-state index contributed by atoms with van der Waals surface area (Å²) in [5.74, 6) is -0.719. The van der Waals surface area contributed by atoms with E-state index in [0.717, 1.165) is 28.7 Å². The van der Waals surface area contributed by atoms with Crippen LogP contribution in [0.25, 0.3) is 11.1 Å². The van der Waals surface area contributed by atoms with Crippen LogP contribution in [-0.4, -0.2) is 64.1 Å². The fourth-order valence-electron chi connectivity index (χ4n) is 8.55. The first kappa shape index (κ1) is 38.8. The molecule has 0 radical (unpaired) electrons. The predicted octanol–water partition coefficient (Wildman–Crippen LogP) is 7.22. The maximum atomic E-state index is 14.9. The van der Waals surface area contributed by atoms with Crippen molar-refractivity contribution in [3.8, 4) is 22.6 Å². The molecule has 3 aliphatic rings. The Morgan fingerprint density at radius 3 is 2.11 bits per heavy atom. The normalized spacial score (nSPS) is 20.9. The highest BCUT2D eigenvalue weighted by atomic mass is 19.1. The second-order valence-electron chi connectivity index (χ2n) is 15.4. The Morgan fingerprint density at radius 2 is 1.50 bits per heavy atom. The van der Waals surface area contributed by atoms with Gasteiger partial charge in [0.2, 0.25) is 5.91 Å². The zero-order valence-corrected chi connectivity index (χ0v) is 32.4. The lowest BCUT2D eigenvalue weighted by atomic mass is 9.89. The number of halogens is 1. The van der Waals surface area contributed by atoms with Crippen LogP contribution in [0.4, 0.5) is 9.18 Å². The fourth-order valence-corrected chi connectivity index (χ4v) is 8.55. The van der Waals surface area contributed by atoms with E-state index in [1.807, 2.05) is 24.3 Å². The molecule has 2 fully saturated rings. The number of hydrogen-bond acceptors (Lipinski definition) is 8. The standard InChI is InChI=1S/C45H49FN2O8/c1-26(42(49)47-39(20-27-12-6-11-17-37(27)46)43(50)55-24-28-18-19-29(52-3)21-40(28)53-4)41(54-5)38(22-35-36-23-45(35,36)2)48-44(51)56-25-34-32-15-9-7-13-30(32)31-14-8-10-16-33(31)34/h6-19,21,26,34-36,38-39,41H,20,22-25H2,1-5H3,(H,47,49)(H,48,51)/t26?,35-,36+,38-,39-,41?,45-/m0/s1. The first-order valence-electron chi connectivity index (χ1n) is 19.1. The van der Waals surface area contributed by atoms with E-state index < -0.39 is 47.9 Å². The van der Waals surface area contributed by atoms with Crippen molar-refractivity contribution in [3.63, 3.8) is 0 Å². The van der Waals surface area contributed by atoms with Gasteiger partial charge in [0.15, 0.2) is 0 Å². The molecule has 0 aromatic heterocycles. The van der Waals surface area contributed by atoms with Crippen molar-refractivity contribution in [1.82, 2.24) is 10.6 Å². The SMILES string of the molecule is COc1ccc(COC(=O)[C@H](Cc2ccccc2F)NC(=O)C(C)C(OC)[C@H](C[C@H]2[C@H]3C[C@]32C)NC(=O)OCC2c3ccccc3-c3ccccc32)c(OC)c1. The van der Waals surface area contributed by atoms with Gasteiger partial charge in [0.05, 0.1) is 32.3 Å². The molecule has 4 aromatic carbocycles. The first-order chi connectivity index (χ1) is 27.1. The number of amides is 2. The van der Waals surface area contributed by atoms with Gasteiger partial charge in [-0.2, -0.15) is 0 Å². The van der Waals surface area contributed by atoms with Crippen molar-refractivity contribution >= 4 is 18.0 Å². The van der Waals surface area contributed by atoms with E-state index in [1.165, 1.54) is 27.4 Å². The van der Waals surface area contributed by atoms with Crippen molar-refractivity contribution in [2.45, 2.75) is 63.8 Å². The third-order valence-electron chi connectivity index (χ3n) is 12.1. The molecule has 7 atom stereocenters. The Morgan fingerprint density at radius 1 is 0.839 bits per heavy atom. The molecule has 2 N–H and O–H groups in total. The van der Waals surface area contributed by atoms with E-state index in [9.17, 15) is 18.8 Å². The van der Waals surface area contributed by atoms with Crippen LogP contribution >= 0.6 is 0 Å². The number of esters is 1. The van der Waals surface area contributed by atoms with E-state index in [0.29, 0.717) is 35.3 Å². The van der Waals surface area contributed by atoms with Crippen molar-refractivity contribution in [2.75, 3.05) is 27.9 Å². The monoisotopic (exact) mass is 764 g/mol. The number of alkyl carbamates (subject to hydrolysis) is 1. The second-order valence-corrected chi connectivity index (χ2v) is 15.4. The highest BCUT2D eigenvalue weighted by molar-refractivity contribution is 5.86. The molecule has 2 saturated carbocycles. The third-order valence-corrected chi connectivity index (χ3v) is 12.1. The van der Waals surface area contributed by atoms with Crippen LogP contribution in [-0.2, 0) is 36.8 Å². The maximum Gasteiger partial charge on any atom is 0.407 e. The van der Waals surface area contributed by atoms with Gasteiger partial charge in [0.1, 0.15) is 36.6 Å². The lowest BCUT2D eigenvalue weighted by Crippen LogP contribution is -2.53. The Labute approximate surface area is 327 Å². The first-order valence-corrected chi connectivity index (χ1v) is 19.1. The van der Waals surface area contributed by atoms with Gasteiger partial charge in [-0.25, -0.2) is 14.0 Å². The van der Waals surface area contributed by atoms with Gasteiger partial charge < -0.3 is 34.3 Å². The van der Waals surface area contributed by atoms with E-state index >= 15 is 0 Å². The average molecular weight is 765 g/mol. The van der Waals surface area contributed by atoms with E-state index in [1.54, 1.807) is 43.3 Å². The Balaban J connectivity index is 1.05. The van der Waals surface area contributed by atoms with Crippen molar-refractivity contribution in [1.29, 1.82) is 0 Å². The predicted molar refractivity (Wildman–Crippen MR) is 208 cm³/mol. The summed E-state index contributed by atoms with van der Waals surface area (Å²) >= 11 is 0. The van der Waals surface area contributed by atoms with E-state index in [-0.39, 0.29) is 36.5 Å². The van der Waals surface area contributed by atoms with Crippen molar-refractivity contribution in [2.24, 2.45) is 23.2 Å².